The summed E-state index contributed by atoms with van der Waals surface area (Å²) in [4.78, 5) is 11.3. The lowest BCUT2D eigenvalue weighted by Gasteiger charge is -2.04. The highest BCUT2D eigenvalue weighted by molar-refractivity contribution is 7.86. The highest BCUT2D eigenvalue weighted by Crippen LogP contribution is 2.12. The second-order valence-electron chi connectivity index (χ2n) is 4.97. The molecule has 2 aromatic rings. The van der Waals surface area contributed by atoms with E-state index in [0.717, 1.165) is 5.56 Å². The Bertz CT molecular complexity index is 750. The number of pyridine rings is 1. The Balaban J connectivity index is 1.95. The number of carbonyl (C=O) groups is 1. The lowest BCUT2D eigenvalue weighted by atomic mass is 10.2. The van der Waals surface area contributed by atoms with Gasteiger partial charge in [-0.05, 0) is 26.0 Å². The minimum Gasteiger partial charge on any atom is -0.295 e. The van der Waals surface area contributed by atoms with E-state index < -0.39 is 10.1 Å². The van der Waals surface area contributed by atoms with Crippen LogP contribution in [0, 0.1) is 6.92 Å². The molecule has 0 aliphatic carbocycles. The molecule has 0 radical (unpaired) electrons. The van der Waals surface area contributed by atoms with Gasteiger partial charge in [-0.15, -0.1) is 0 Å². The summed E-state index contributed by atoms with van der Waals surface area (Å²) in [7, 11) is -3.74. The van der Waals surface area contributed by atoms with Gasteiger partial charge < -0.3 is 0 Å². The fraction of sp³-hybridized carbons (Fsp3) is 0.250. The molecule has 0 aliphatic heterocycles. The zero-order valence-corrected chi connectivity index (χ0v) is 13.3. The first-order chi connectivity index (χ1) is 10.4. The van der Waals surface area contributed by atoms with E-state index in [2.05, 4.69) is 0 Å². The van der Waals surface area contributed by atoms with Crippen molar-refractivity contribution in [3.63, 3.8) is 0 Å². The van der Waals surface area contributed by atoms with Gasteiger partial charge >= 0.3 is 0 Å². The van der Waals surface area contributed by atoms with Crippen LogP contribution < -0.4 is 4.57 Å². The van der Waals surface area contributed by atoms with Crippen LogP contribution in [-0.2, 0) is 20.8 Å². The van der Waals surface area contributed by atoms with Crippen LogP contribution in [0.25, 0.3) is 0 Å². The molecule has 1 aromatic heterocycles. The van der Waals surface area contributed by atoms with Crippen LogP contribution >= 0.6 is 0 Å². The zero-order chi connectivity index (χ0) is 16.2. The third-order valence-electron chi connectivity index (χ3n) is 3.20. The molecule has 0 N–H and O–H groups in total. The van der Waals surface area contributed by atoms with Crippen molar-refractivity contribution >= 4 is 15.9 Å². The number of Topliss-reactive ketones (excluding diaryl/α,β-unsaturated/α-hetero) is 1. The number of aryl methyl sites for hydroxylation is 1. The van der Waals surface area contributed by atoms with Gasteiger partial charge in [0.05, 0.1) is 4.90 Å². The van der Waals surface area contributed by atoms with Crippen molar-refractivity contribution < 1.29 is 22.0 Å². The van der Waals surface area contributed by atoms with Crippen LogP contribution in [0.5, 0.6) is 0 Å². The number of ketones is 1. The fourth-order valence-corrected chi connectivity index (χ4v) is 2.77. The van der Waals surface area contributed by atoms with Crippen LogP contribution in [0.1, 0.15) is 22.8 Å². The van der Waals surface area contributed by atoms with E-state index in [4.69, 9.17) is 4.18 Å². The van der Waals surface area contributed by atoms with Crippen molar-refractivity contribution in [1.29, 1.82) is 0 Å². The van der Waals surface area contributed by atoms with E-state index in [1.807, 2.05) is 6.92 Å². The minimum atomic E-state index is -3.74. The van der Waals surface area contributed by atoms with E-state index in [9.17, 15) is 13.2 Å². The van der Waals surface area contributed by atoms with Crippen LogP contribution in [0.2, 0.25) is 0 Å². The fourth-order valence-electron chi connectivity index (χ4n) is 1.87. The zero-order valence-electron chi connectivity index (χ0n) is 12.5. The Morgan fingerprint density at radius 2 is 1.68 bits per heavy atom. The maximum absolute atomic E-state index is 12.0. The van der Waals surface area contributed by atoms with Gasteiger partial charge in [-0.25, -0.2) is 4.57 Å². The summed E-state index contributed by atoms with van der Waals surface area (Å²) in [5.41, 5.74) is 1.60. The SMILES string of the molecule is CC(=O)c1cc[n+](CCOS(=O)(=O)c2ccc(C)cc2)cc1. The molecule has 0 saturated carbocycles. The van der Waals surface area contributed by atoms with Crippen molar-refractivity contribution in [2.75, 3.05) is 6.61 Å². The summed E-state index contributed by atoms with van der Waals surface area (Å²) in [5.74, 6) is -0.00894. The Hall–Kier alpha value is -2.05. The van der Waals surface area contributed by atoms with Gasteiger partial charge in [0, 0.05) is 17.7 Å². The Labute approximate surface area is 130 Å². The van der Waals surface area contributed by atoms with Crippen LogP contribution in [0.3, 0.4) is 0 Å². The maximum Gasteiger partial charge on any atom is 0.297 e. The van der Waals surface area contributed by atoms with Gasteiger partial charge in [0.25, 0.3) is 10.1 Å². The topological polar surface area (TPSA) is 64.3 Å². The first-order valence-electron chi connectivity index (χ1n) is 6.84. The summed E-state index contributed by atoms with van der Waals surface area (Å²) < 4.78 is 30.8. The second kappa shape index (κ2) is 6.81. The van der Waals surface area contributed by atoms with Crippen LogP contribution in [-0.4, -0.2) is 20.8 Å². The average molecular weight is 320 g/mol. The number of hydrogen-bond donors (Lipinski definition) is 0. The van der Waals surface area contributed by atoms with E-state index in [1.165, 1.54) is 19.1 Å². The number of hydrogen-bond acceptors (Lipinski definition) is 4. The molecule has 2 rings (SSSR count). The number of benzene rings is 1. The molecular formula is C16H18NO4S+. The Morgan fingerprint density at radius 3 is 2.23 bits per heavy atom. The molecule has 5 nitrogen and oxygen atoms in total. The average Bonchev–Trinajstić information content (AvgIpc) is 2.48. The smallest absolute Gasteiger partial charge is 0.295 e. The standard InChI is InChI=1S/C16H18NO4S/c1-13-3-5-16(6-4-13)22(19,20)21-12-11-17-9-7-15(8-10-17)14(2)18/h3-10H,11-12H2,1-2H3/q+1. The molecule has 6 heteroatoms. The predicted molar refractivity (Wildman–Crippen MR) is 81.0 cm³/mol. The van der Waals surface area contributed by atoms with Gasteiger partial charge in [-0.3, -0.25) is 8.98 Å². The van der Waals surface area contributed by atoms with E-state index >= 15 is 0 Å². The van der Waals surface area contributed by atoms with Crippen molar-refractivity contribution in [1.82, 2.24) is 0 Å². The summed E-state index contributed by atoms with van der Waals surface area (Å²) in [6.45, 7) is 3.79. The molecular weight excluding hydrogens is 302 g/mol. The first-order valence-corrected chi connectivity index (χ1v) is 8.25. The van der Waals surface area contributed by atoms with Crippen molar-refractivity contribution in [3.8, 4) is 0 Å². The van der Waals surface area contributed by atoms with Gasteiger partial charge in [0.15, 0.2) is 24.7 Å². The number of nitrogens with zero attached hydrogens (tertiary/aromatic N) is 1. The van der Waals surface area contributed by atoms with Crippen molar-refractivity contribution in [2.45, 2.75) is 25.3 Å². The number of aromatic nitrogens is 1. The van der Waals surface area contributed by atoms with Gasteiger partial charge in [-0.2, -0.15) is 8.42 Å². The normalized spacial score (nSPS) is 11.4. The first kappa shape index (κ1) is 16.3. The molecule has 0 amide bonds. The molecule has 0 fully saturated rings. The lowest BCUT2D eigenvalue weighted by molar-refractivity contribution is -0.697. The Morgan fingerprint density at radius 1 is 1.09 bits per heavy atom. The van der Waals surface area contributed by atoms with E-state index in [-0.39, 0.29) is 17.3 Å². The van der Waals surface area contributed by atoms with Crippen LogP contribution in [0.15, 0.2) is 53.7 Å². The predicted octanol–water partition coefficient (Wildman–Crippen LogP) is 1.89. The molecule has 116 valence electrons. The van der Waals surface area contributed by atoms with Gasteiger partial charge in [-0.1, -0.05) is 17.7 Å². The lowest BCUT2D eigenvalue weighted by Crippen LogP contribution is -2.35. The third-order valence-corrected chi connectivity index (χ3v) is 4.52. The monoisotopic (exact) mass is 320 g/mol. The molecule has 0 unspecified atom stereocenters. The molecule has 0 aliphatic rings. The molecule has 0 atom stereocenters. The number of carbonyl (C=O) groups excluding carboxylic acids is 1. The van der Waals surface area contributed by atoms with Crippen molar-refractivity contribution in [3.05, 3.63) is 59.9 Å². The molecule has 0 saturated heterocycles. The van der Waals surface area contributed by atoms with Crippen molar-refractivity contribution in [2.24, 2.45) is 0 Å². The highest BCUT2D eigenvalue weighted by Gasteiger charge is 2.15. The molecule has 1 aromatic carbocycles. The molecule has 22 heavy (non-hydrogen) atoms. The van der Waals surface area contributed by atoms with Gasteiger partial charge in [0.2, 0.25) is 0 Å². The summed E-state index contributed by atoms with van der Waals surface area (Å²) in [5, 5.41) is 0. The quantitative estimate of drug-likeness (QED) is 0.463. The molecule has 0 spiro atoms. The largest absolute Gasteiger partial charge is 0.297 e. The second-order valence-corrected chi connectivity index (χ2v) is 6.59. The minimum absolute atomic E-state index is 0.00894. The molecule has 0 bridgehead atoms. The Kier molecular flexibility index (Phi) is 5.05. The van der Waals surface area contributed by atoms with Gasteiger partial charge in [0.1, 0.15) is 6.61 Å². The van der Waals surface area contributed by atoms with E-state index in [0.29, 0.717) is 12.1 Å². The highest BCUT2D eigenvalue weighted by atomic mass is 32.2. The third kappa shape index (κ3) is 4.22. The number of rotatable bonds is 6. The molecule has 1 heterocycles. The maximum atomic E-state index is 12.0. The van der Waals surface area contributed by atoms with E-state index in [1.54, 1.807) is 41.2 Å². The van der Waals surface area contributed by atoms with Crippen LogP contribution in [0.4, 0.5) is 0 Å². The summed E-state index contributed by atoms with van der Waals surface area (Å²) in [6.07, 6.45) is 3.44. The summed E-state index contributed by atoms with van der Waals surface area (Å²) >= 11 is 0. The summed E-state index contributed by atoms with van der Waals surface area (Å²) in [6, 6.07) is 9.89.